The van der Waals surface area contributed by atoms with E-state index in [1.165, 1.54) is 15.0 Å². The van der Waals surface area contributed by atoms with Gasteiger partial charge in [0, 0.05) is 20.1 Å². The fraction of sp³-hybridized carbons (Fsp3) is 0.273. The van der Waals surface area contributed by atoms with Crippen LogP contribution in [-0.4, -0.2) is 7.05 Å². The first-order chi connectivity index (χ1) is 6.70. The van der Waals surface area contributed by atoms with Gasteiger partial charge in [-0.1, -0.05) is 15.9 Å². The van der Waals surface area contributed by atoms with Crippen LogP contribution in [0, 0.1) is 0 Å². The van der Waals surface area contributed by atoms with Crippen molar-refractivity contribution in [1.82, 2.24) is 5.32 Å². The second-order valence-corrected chi connectivity index (χ2v) is 5.37. The van der Waals surface area contributed by atoms with Gasteiger partial charge in [0.15, 0.2) is 0 Å². The van der Waals surface area contributed by atoms with Gasteiger partial charge in [0.25, 0.3) is 0 Å². The summed E-state index contributed by atoms with van der Waals surface area (Å²) in [6, 6.07) is 9.11. The lowest BCUT2D eigenvalue weighted by Crippen LogP contribution is -2.10. The third-order valence-electron chi connectivity index (χ3n) is 2.36. The Morgan fingerprint density at radius 1 is 1.36 bits per heavy atom. The lowest BCUT2D eigenvalue weighted by molar-refractivity contribution is 0.664. The largest absolute Gasteiger partial charge is 0.313 e. The van der Waals surface area contributed by atoms with Gasteiger partial charge in [-0.3, -0.25) is 0 Å². The summed E-state index contributed by atoms with van der Waals surface area (Å²) < 4.78 is 2.50. The number of benzene rings is 1. The van der Waals surface area contributed by atoms with Crippen molar-refractivity contribution in [1.29, 1.82) is 0 Å². The second-order valence-electron chi connectivity index (χ2n) is 3.34. The molecule has 1 nitrogen and oxygen atoms in total. The van der Waals surface area contributed by atoms with Crippen LogP contribution in [0.3, 0.4) is 0 Å². The first-order valence-electron chi connectivity index (χ1n) is 4.57. The Morgan fingerprint density at radius 3 is 2.86 bits per heavy atom. The van der Waals surface area contributed by atoms with Crippen LogP contribution in [0.15, 0.2) is 28.7 Å². The maximum atomic E-state index is 3.48. The predicted octanol–water partition coefficient (Wildman–Crippen LogP) is 3.94. The highest BCUT2D eigenvalue weighted by molar-refractivity contribution is 9.10. The Morgan fingerprint density at radius 2 is 2.14 bits per heavy atom. The summed E-state index contributed by atoms with van der Waals surface area (Å²) in [5.41, 5.74) is 0. The van der Waals surface area contributed by atoms with Gasteiger partial charge in [0.2, 0.25) is 0 Å². The Hall–Kier alpha value is -0.380. The molecular formula is C11H12BrNS. The van der Waals surface area contributed by atoms with Crippen LogP contribution in [0.25, 0.3) is 10.1 Å². The molecule has 1 atom stereocenters. The van der Waals surface area contributed by atoms with Crippen LogP contribution in [0.4, 0.5) is 0 Å². The van der Waals surface area contributed by atoms with Crippen molar-refractivity contribution < 1.29 is 0 Å². The molecule has 74 valence electrons. The van der Waals surface area contributed by atoms with Crippen molar-refractivity contribution in [2.75, 3.05) is 7.05 Å². The van der Waals surface area contributed by atoms with Gasteiger partial charge in [0.05, 0.1) is 0 Å². The Kier molecular flexibility index (Phi) is 2.91. The second kappa shape index (κ2) is 4.01. The van der Waals surface area contributed by atoms with Gasteiger partial charge in [0.1, 0.15) is 0 Å². The molecule has 0 saturated heterocycles. The van der Waals surface area contributed by atoms with Gasteiger partial charge in [-0.15, -0.1) is 11.3 Å². The summed E-state index contributed by atoms with van der Waals surface area (Å²) in [6.45, 7) is 2.18. The monoisotopic (exact) mass is 269 g/mol. The zero-order valence-electron chi connectivity index (χ0n) is 8.17. The first-order valence-corrected chi connectivity index (χ1v) is 6.18. The number of fused-ring (bicyclic) bond motifs is 1. The molecule has 0 amide bonds. The Bertz CT molecular complexity index is 449. The number of nitrogens with one attached hydrogen (secondary N) is 1. The van der Waals surface area contributed by atoms with Crippen LogP contribution < -0.4 is 5.32 Å². The maximum Gasteiger partial charge on any atom is 0.0384 e. The van der Waals surface area contributed by atoms with Gasteiger partial charge >= 0.3 is 0 Å². The van der Waals surface area contributed by atoms with Gasteiger partial charge in [-0.05, 0) is 43.6 Å². The molecule has 14 heavy (non-hydrogen) atoms. The molecule has 3 heteroatoms. The van der Waals surface area contributed by atoms with E-state index in [9.17, 15) is 0 Å². The highest BCUT2D eigenvalue weighted by Gasteiger charge is 2.07. The van der Waals surface area contributed by atoms with Crippen LogP contribution in [0.1, 0.15) is 17.8 Å². The highest BCUT2D eigenvalue weighted by Crippen LogP contribution is 2.31. The molecule has 1 N–H and O–H groups in total. The predicted molar refractivity (Wildman–Crippen MR) is 67.0 cm³/mol. The molecular weight excluding hydrogens is 258 g/mol. The van der Waals surface area contributed by atoms with Gasteiger partial charge in [-0.25, -0.2) is 0 Å². The fourth-order valence-corrected chi connectivity index (χ4v) is 2.88. The lowest BCUT2D eigenvalue weighted by Gasteiger charge is -2.05. The fourth-order valence-electron chi connectivity index (χ4n) is 1.39. The average molecular weight is 270 g/mol. The minimum absolute atomic E-state index is 0.436. The van der Waals surface area contributed by atoms with Crippen LogP contribution in [-0.2, 0) is 0 Å². The molecule has 0 fully saturated rings. The van der Waals surface area contributed by atoms with Crippen molar-refractivity contribution >= 4 is 37.4 Å². The van der Waals surface area contributed by atoms with E-state index in [2.05, 4.69) is 52.4 Å². The number of rotatable bonds is 2. The van der Waals surface area contributed by atoms with Crippen LogP contribution in [0.2, 0.25) is 0 Å². The highest BCUT2D eigenvalue weighted by atomic mass is 79.9. The van der Waals surface area contributed by atoms with Crippen molar-refractivity contribution in [2.24, 2.45) is 0 Å². The van der Waals surface area contributed by atoms with Crippen LogP contribution >= 0.6 is 27.3 Å². The van der Waals surface area contributed by atoms with E-state index in [4.69, 9.17) is 0 Å². The van der Waals surface area contributed by atoms with E-state index in [1.807, 2.05) is 18.4 Å². The molecule has 2 rings (SSSR count). The maximum absolute atomic E-state index is 3.48. The van der Waals surface area contributed by atoms with E-state index >= 15 is 0 Å². The van der Waals surface area contributed by atoms with E-state index in [0.29, 0.717) is 6.04 Å². The number of thiophene rings is 1. The number of hydrogen-bond acceptors (Lipinski definition) is 2. The first kappa shape index (κ1) is 10.1. The SMILES string of the molecule is CNC(C)c1cc2cc(Br)ccc2s1. The van der Waals surface area contributed by atoms with E-state index in [-0.39, 0.29) is 0 Å². The molecule has 0 saturated carbocycles. The zero-order valence-corrected chi connectivity index (χ0v) is 10.6. The molecule has 1 unspecified atom stereocenters. The molecule has 0 bridgehead atoms. The number of halogens is 1. The van der Waals surface area contributed by atoms with Crippen LogP contribution in [0.5, 0.6) is 0 Å². The standard InChI is InChI=1S/C11H12BrNS/c1-7(13-2)11-6-8-5-9(12)3-4-10(8)14-11/h3-7,13H,1-2H3. The molecule has 0 radical (unpaired) electrons. The zero-order chi connectivity index (χ0) is 10.1. The van der Waals surface area contributed by atoms with E-state index in [0.717, 1.165) is 4.47 Å². The summed E-state index contributed by atoms with van der Waals surface area (Å²) in [4.78, 5) is 1.39. The van der Waals surface area contributed by atoms with Crippen molar-refractivity contribution in [2.45, 2.75) is 13.0 Å². The summed E-state index contributed by atoms with van der Waals surface area (Å²) >= 11 is 5.34. The summed E-state index contributed by atoms with van der Waals surface area (Å²) in [7, 11) is 1.99. The van der Waals surface area contributed by atoms with Crippen molar-refractivity contribution in [3.63, 3.8) is 0 Å². The van der Waals surface area contributed by atoms with E-state index < -0.39 is 0 Å². The third kappa shape index (κ3) is 1.85. The van der Waals surface area contributed by atoms with Crippen molar-refractivity contribution in [3.05, 3.63) is 33.6 Å². The molecule has 0 aliphatic carbocycles. The Balaban J connectivity index is 2.51. The van der Waals surface area contributed by atoms with E-state index in [1.54, 1.807) is 0 Å². The molecule has 1 heterocycles. The minimum atomic E-state index is 0.436. The molecule has 2 aromatic rings. The van der Waals surface area contributed by atoms with Crippen molar-refractivity contribution in [3.8, 4) is 0 Å². The quantitative estimate of drug-likeness (QED) is 0.871. The molecule has 0 aliphatic rings. The number of hydrogen-bond donors (Lipinski definition) is 1. The smallest absolute Gasteiger partial charge is 0.0384 e. The Labute approximate surface area is 96.3 Å². The molecule has 1 aromatic carbocycles. The molecule has 0 spiro atoms. The summed E-state index contributed by atoms with van der Waals surface area (Å²) in [5, 5.41) is 4.58. The van der Waals surface area contributed by atoms with Gasteiger partial charge < -0.3 is 5.32 Å². The average Bonchev–Trinajstić information content (AvgIpc) is 2.59. The normalized spacial score (nSPS) is 13.4. The molecule has 0 aliphatic heterocycles. The molecule has 1 aromatic heterocycles. The summed E-state index contributed by atoms with van der Waals surface area (Å²) in [5.74, 6) is 0. The third-order valence-corrected chi connectivity index (χ3v) is 4.15. The lowest BCUT2D eigenvalue weighted by atomic mass is 10.2. The minimum Gasteiger partial charge on any atom is -0.313 e. The topological polar surface area (TPSA) is 12.0 Å². The summed E-state index contributed by atoms with van der Waals surface area (Å²) in [6.07, 6.45) is 0. The van der Waals surface area contributed by atoms with Gasteiger partial charge in [-0.2, -0.15) is 0 Å².